The fourth-order valence-corrected chi connectivity index (χ4v) is 3.23. The summed E-state index contributed by atoms with van der Waals surface area (Å²) in [6.45, 7) is 3.92. The van der Waals surface area contributed by atoms with Gasteiger partial charge < -0.3 is 5.73 Å². The third-order valence-electron chi connectivity index (χ3n) is 3.48. The van der Waals surface area contributed by atoms with E-state index in [1.54, 1.807) is 0 Å². The van der Waals surface area contributed by atoms with Crippen molar-refractivity contribution in [3.8, 4) is 0 Å². The summed E-state index contributed by atoms with van der Waals surface area (Å²) in [6, 6.07) is 3.42. The summed E-state index contributed by atoms with van der Waals surface area (Å²) in [5.74, 6) is 0. The normalized spacial score (nSPS) is 22.7. The summed E-state index contributed by atoms with van der Waals surface area (Å²) in [7, 11) is 6.08. The Morgan fingerprint density at radius 2 is 2.00 bits per heavy atom. The molecular formula is C15H15BF3NS. The van der Waals surface area contributed by atoms with Crippen molar-refractivity contribution in [2.24, 2.45) is 0 Å². The van der Waals surface area contributed by atoms with Crippen LogP contribution in [-0.4, -0.2) is 12.6 Å². The van der Waals surface area contributed by atoms with Crippen molar-refractivity contribution < 1.29 is 13.2 Å². The van der Waals surface area contributed by atoms with Gasteiger partial charge in [-0.2, -0.15) is 13.2 Å². The number of hydrogen-bond acceptors (Lipinski definition) is 2. The van der Waals surface area contributed by atoms with Gasteiger partial charge >= 0.3 is 6.18 Å². The second-order valence-electron chi connectivity index (χ2n) is 5.34. The molecular weight excluding hydrogens is 294 g/mol. The van der Waals surface area contributed by atoms with Crippen LogP contribution in [-0.2, 0) is 6.18 Å². The summed E-state index contributed by atoms with van der Waals surface area (Å²) < 4.78 is 37.5. The molecule has 1 aliphatic carbocycles. The lowest BCUT2D eigenvalue weighted by atomic mass is 9.77. The van der Waals surface area contributed by atoms with Crippen molar-refractivity contribution >= 4 is 25.3 Å². The first-order valence-corrected chi connectivity index (χ1v) is 7.23. The fourth-order valence-electron chi connectivity index (χ4n) is 2.09. The Bertz CT molecular complexity index is 622. The Kier molecular flexibility index (Phi) is 4.20. The molecule has 0 aromatic heterocycles. The molecule has 6 heteroatoms. The minimum atomic E-state index is -4.38. The Morgan fingerprint density at radius 3 is 2.52 bits per heavy atom. The molecule has 1 aromatic carbocycles. The molecule has 0 bridgehead atoms. The summed E-state index contributed by atoms with van der Waals surface area (Å²) in [5.41, 5.74) is 6.94. The lowest BCUT2D eigenvalue weighted by molar-refractivity contribution is -0.137. The fraction of sp³-hybridized carbons (Fsp3) is 0.333. The lowest BCUT2D eigenvalue weighted by Crippen LogP contribution is -2.25. The predicted octanol–water partition coefficient (Wildman–Crippen LogP) is 4.54. The van der Waals surface area contributed by atoms with E-state index in [4.69, 9.17) is 13.6 Å². The zero-order chi connectivity index (χ0) is 15.8. The topological polar surface area (TPSA) is 26.0 Å². The molecule has 1 nitrogen and oxygen atoms in total. The molecule has 2 rings (SSSR count). The van der Waals surface area contributed by atoms with Crippen molar-refractivity contribution in [2.45, 2.75) is 36.1 Å². The van der Waals surface area contributed by atoms with E-state index in [1.165, 1.54) is 17.8 Å². The maximum atomic E-state index is 12.6. The summed E-state index contributed by atoms with van der Waals surface area (Å²) in [5, 5.41) is 0. The number of nitrogens with two attached hydrogens (primary N) is 1. The van der Waals surface area contributed by atoms with Gasteiger partial charge in [0.1, 0.15) is 7.85 Å². The Balaban J connectivity index is 2.27. The molecule has 1 aliphatic rings. The van der Waals surface area contributed by atoms with E-state index in [2.05, 4.69) is 6.08 Å². The zero-order valence-electron chi connectivity index (χ0n) is 11.8. The number of hydrogen-bond donors (Lipinski definition) is 1. The molecule has 0 spiro atoms. The van der Waals surface area contributed by atoms with Gasteiger partial charge in [0.2, 0.25) is 0 Å². The quantitative estimate of drug-likeness (QED) is 0.641. The first-order valence-electron chi connectivity index (χ1n) is 6.42. The minimum absolute atomic E-state index is 0.120. The van der Waals surface area contributed by atoms with Crippen molar-refractivity contribution in [3.63, 3.8) is 0 Å². The lowest BCUT2D eigenvalue weighted by Gasteiger charge is -2.33. The number of nitrogen functional groups attached to an aromatic ring is 1. The molecule has 1 atom stereocenters. The van der Waals surface area contributed by atoms with Crippen LogP contribution >= 0.6 is 11.8 Å². The number of benzene rings is 1. The number of allylic oxidation sites excluding steroid dienone is 3. The summed E-state index contributed by atoms with van der Waals surface area (Å²) in [6.07, 6.45) is 0.275. The standard InChI is InChI=1S/C15H15BF3NS/c1-9-5-6-14(2,13(16)7-9)21-12-4-3-10(8-11(12)20)15(17,18)19/h3-5,7-8H,6,20H2,1-2H3. The maximum Gasteiger partial charge on any atom is 0.416 e. The van der Waals surface area contributed by atoms with Gasteiger partial charge in [-0.3, -0.25) is 0 Å². The van der Waals surface area contributed by atoms with Crippen LogP contribution in [0.25, 0.3) is 0 Å². The van der Waals surface area contributed by atoms with Gasteiger partial charge in [0.15, 0.2) is 0 Å². The molecule has 1 aromatic rings. The predicted molar refractivity (Wildman–Crippen MR) is 82.3 cm³/mol. The molecule has 0 saturated heterocycles. The van der Waals surface area contributed by atoms with E-state index < -0.39 is 16.5 Å². The highest BCUT2D eigenvalue weighted by molar-refractivity contribution is 8.01. The molecule has 0 fully saturated rings. The van der Waals surface area contributed by atoms with Crippen molar-refractivity contribution in [1.82, 2.24) is 0 Å². The number of thioether (sulfide) groups is 1. The SMILES string of the molecule is [B]C1=CC(C)=CCC1(C)Sc1ccc(C(F)(F)F)cc1N. The highest BCUT2D eigenvalue weighted by Crippen LogP contribution is 2.45. The number of halogens is 3. The Labute approximate surface area is 127 Å². The van der Waals surface area contributed by atoms with Crippen LogP contribution in [0.1, 0.15) is 25.8 Å². The van der Waals surface area contributed by atoms with E-state index in [1.807, 2.05) is 19.9 Å². The first kappa shape index (κ1) is 16.1. The van der Waals surface area contributed by atoms with Crippen LogP contribution in [0.2, 0.25) is 0 Å². The van der Waals surface area contributed by atoms with Crippen LogP contribution < -0.4 is 5.73 Å². The molecule has 2 N–H and O–H groups in total. The third-order valence-corrected chi connectivity index (χ3v) is 4.92. The third kappa shape index (κ3) is 3.48. The number of alkyl halides is 3. The monoisotopic (exact) mass is 309 g/mol. The summed E-state index contributed by atoms with van der Waals surface area (Å²) in [4.78, 5) is 0.606. The van der Waals surface area contributed by atoms with Gasteiger partial charge in [-0.15, -0.1) is 17.2 Å². The van der Waals surface area contributed by atoms with Gasteiger partial charge in [-0.25, -0.2) is 0 Å². The van der Waals surface area contributed by atoms with Gasteiger partial charge in [0, 0.05) is 15.3 Å². The van der Waals surface area contributed by atoms with Gasteiger partial charge in [0.05, 0.1) is 5.56 Å². The van der Waals surface area contributed by atoms with Crippen molar-refractivity contribution in [1.29, 1.82) is 0 Å². The summed E-state index contributed by atoms with van der Waals surface area (Å²) >= 11 is 1.39. The second-order valence-corrected chi connectivity index (χ2v) is 6.88. The van der Waals surface area contributed by atoms with Gasteiger partial charge in [0.25, 0.3) is 0 Å². The van der Waals surface area contributed by atoms with Crippen LogP contribution in [0.3, 0.4) is 0 Å². The average Bonchev–Trinajstić information content (AvgIpc) is 2.36. The molecule has 1 unspecified atom stereocenters. The molecule has 21 heavy (non-hydrogen) atoms. The maximum absolute atomic E-state index is 12.6. The Morgan fingerprint density at radius 1 is 1.33 bits per heavy atom. The van der Waals surface area contributed by atoms with Crippen LogP contribution in [0.5, 0.6) is 0 Å². The van der Waals surface area contributed by atoms with E-state index in [0.717, 1.165) is 17.7 Å². The van der Waals surface area contributed by atoms with Crippen LogP contribution in [0.15, 0.2) is 46.3 Å². The molecule has 110 valence electrons. The van der Waals surface area contributed by atoms with Crippen molar-refractivity contribution in [3.05, 3.63) is 47.0 Å². The number of anilines is 1. The first-order chi connectivity index (χ1) is 9.62. The molecule has 2 radical (unpaired) electrons. The van der Waals surface area contributed by atoms with E-state index in [-0.39, 0.29) is 5.69 Å². The van der Waals surface area contributed by atoms with E-state index >= 15 is 0 Å². The minimum Gasteiger partial charge on any atom is -0.398 e. The highest BCUT2D eigenvalue weighted by Gasteiger charge is 2.32. The van der Waals surface area contributed by atoms with Crippen LogP contribution in [0.4, 0.5) is 18.9 Å². The molecule has 0 aliphatic heterocycles. The van der Waals surface area contributed by atoms with Gasteiger partial charge in [-0.1, -0.05) is 17.7 Å². The highest BCUT2D eigenvalue weighted by atomic mass is 32.2. The van der Waals surface area contributed by atoms with Crippen LogP contribution in [0, 0.1) is 0 Å². The number of rotatable bonds is 2. The molecule has 0 saturated carbocycles. The smallest absolute Gasteiger partial charge is 0.398 e. The Hall–Kier alpha value is -1.30. The van der Waals surface area contributed by atoms with Gasteiger partial charge in [-0.05, 0) is 38.5 Å². The molecule has 0 heterocycles. The molecule has 0 amide bonds. The average molecular weight is 309 g/mol. The largest absolute Gasteiger partial charge is 0.416 e. The van der Waals surface area contributed by atoms with E-state index in [9.17, 15) is 13.2 Å². The van der Waals surface area contributed by atoms with E-state index in [0.29, 0.717) is 16.8 Å². The van der Waals surface area contributed by atoms with Crippen molar-refractivity contribution in [2.75, 3.05) is 5.73 Å². The second kappa shape index (κ2) is 5.48. The zero-order valence-corrected chi connectivity index (χ0v) is 12.6.